The third kappa shape index (κ3) is 1.96. The SMILES string of the molecule is CNc1ccc2c(c1)CC(=O)N2C(=O)C(O)CN. The second kappa shape index (κ2) is 4.75. The summed E-state index contributed by atoms with van der Waals surface area (Å²) in [5.41, 5.74) is 7.40. The molecule has 4 N–H and O–H groups in total. The number of aliphatic hydroxyl groups excluding tert-OH is 1. The molecule has 6 heteroatoms. The number of nitrogens with two attached hydrogens (primary N) is 1. The molecule has 0 aromatic heterocycles. The minimum absolute atomic E-state index is 0.161. The highest BCUT2D eigenvalue weighted by atomic mass is 16.3. The van der Waals surface area contributed by atoms with Crippen molar-refractivity contribution in [2.24, 2.45) is 5.73 Å². The maximum absolute atomic E-state index is 11.9. The molecule has 1 aliphatic heterocycles. The predicted molar refractivity (Wildman–Crippen MR) is 67.2 cm³/mol. The molecule has 18 heavy (non-hydrogen) atoms. The van der Waals surface area contributed by atoms with Crippen molar-refractivity contribution in [1.82, 2.24) is 0 Å². The Labute approximate surface area is 104 Å². The van der Waals surface area contributed by atoms with Gasteiger partial charge in [0.25, 0.3) is 5.91 Å². The number of carbonyl (C=O) groups is 2. The first-order valence-corrected chi connectivity index (χ1v) is 5.64. The van der Waals surface area contributed by atoms with Crippen LogP contribution in [0.1, 0.15) is 5.56 Å². The van der Waals surface area contributed by atoms with Gasteiger partial charge in [0.05, 0.1) is 12.1 Å². The molecule has 1 aromatic carbocycles. The maximum Gasteiger partial charge on any atom is 0.263 e. The number of benzene rings is 1. The van der Waals surface area contributed by atoms with E-state index >= 15 is 0 Å². The topological polar surface area (TPSA) is 95.7 Å². The molecule has 1 atom stereocenters. The van der Waals surface area contributed by atoms with Crippen molar-refractivity contribution in [1.29, 1.82) is 0 Å². The Bertz CT molecular complexity index is 501. The number of aliphatic hydroxyl groups is 1. The molecule has 96 valence electrons. The largest absolute Gasteiger partial charge is 0.388 e. The monoisotopic (exact) mass is 249 g/mol. The zero-order valence-corrected chi connectivity index (χ0v) is 10.0. The smallest absolute Gasteiger partial charge is 0.263 e. The molecule has 0 saturated carbocycles. The number of nitrogens with zero attached hydrogens (tertiary/aromatic N) is 1. The van der Waals surface area contributed by atoms with Crippen LogP contribution in [0.15, 0.2) is 18.2 Å². The van der Waals surface area contributed by atoms with Gasteiger partial charge in [-0.15, -0.1) is 0 Å². The Morgan fingerprint density at radius 3 is 2.94 bits per heavy atom. The number of nitrogens with one attached hydrogen (secondary N) is 1. The predicted octanol–water partition coefficient (Wildman–Crippen LogP) is -0.536. The van der Waals surface area contributed by atoms with E-state index in [1.807, 2.05) is 6.07 Å². The van der Waals surface area contributed by atoms with Crippen molar-refractivity contribution in [3.8, 4) is 0 Å². The van der Waals surface area contributed by atoms with Crippen molar-refractivity contribution in [3.63, 3.8) is 0 Å². The molecule has 1 heterocycles. The van der Waals surface area contributed by atoms with Crippen LogP contribution >= 0.6 is 0 Å². The summed E-state index contributed by atoms with van der Waals surface area (Å²) in [5.74, 6) is -1.01. The lowest BCUT2D eigenvalue weighted by Gasteiger charge is -2.18. The average Bonchev–Trinajstić information content (AvgIpc) is 2.71. The molecule has 0 saturated heterocycles. The van der Waals surface area contributed by atoms with E-state index in [2.05, 4.69) is 5.32 Å². The molecule has 1 aliphatic rings. The van der Waals surface area contributed by atoms with Crippen molar-refractivity contribution in [2.45, 2.75) is 12.5 Å². The molecule has 2 amide bonds. The fraction of sp³-hybridized carbons (Fsp3) is 0.333. The number of hydrogen-bond donors (Lipinski definition) is 3. The third-order valence-corrected chi connectivity index (χ3v) is 2.93. The summed E-state index contributed by atoms with van der Waals surface area (Å²) >= 11 is 0. The standard InChI is InChI=1S/C12H15N3O3/c1-14-8-2-3-9-7(4-8)5-11(17)15(9)12(18)10(16)6-13/h2-4,10,14,16H,5-6,13H2,1H3. The van der Waals surface area contributed by atoms with Gasteiger partial charge < -0.3 is 16.2 Å². The summed E-state index contributed by atoms with van der Waals surface area (Å²) in [6, 6.07) is 5.27. The Hall–Kier alpha value is -1.92. The Morgan fingerprint density at radius 1 is 1.61 bits per heavy atom. The number of imide groups is 1. The summed E-state index contributed by atoms with van der Waals surface area (Å²) in [6.45, 7) is -0.202. The summed E-state index contributed by atoms with van der Waals surface area (Å²) in [7, 11) is 1.78. The molecule has 2 rings (SSSR count). The van der Waals surface area contributed by atoms with Gasteiger partial charge in [-0.1, -0.05) is 0 Å². The van der Waals surface area contributed by atoms with Crippen LogP contribution < -0.4 is 16.0 Å². The second-order valence-electron chi connectivity index (χ2n) is 4.09. The minimum atomic E-state index is -1.34. The van der Waals surface area contributed by atoms with Gasteiger partial charge in [0.2, 0.25) is 5.91 Å². The number of rotatable bonds is 3. The van der Waals surface area contributed by atoms with Gasteiger partial charge in [0.1, 0.15) is 6.10 Å². The minimum Gasteiger partial charge on any atom is -0.388 e. The van der Waals surface area contributed by atoms with E-state index in [-0.39, 0.29) is 18.9 Å². The molecule has 0 radical (unpaired) electrons. The van der Waals surface area contributed by atoms with Crippen molar-refractivity contribution < 1.29 is 14.7 Å². The van der Waals surface area contributed by atoms with E-state index in [1.165, 1.54) is 0 Å². The molecule has 6 nitrogen and oxygen atoms in total. The fourth-order valence-electron chi connectivity index (χ4n) is 1.97. The van der Waals surface area contributed by atoms with E-state index in [0.717, 1.165) is 16.2 Å². The van der Waals surface area contributed by atoms with E-state index in [9.17, 15) is 14.7 Å². The van der Waals surface area contributed by atoms with E-state index in [4.69, 9.17) is 5.73 Å². The molecular formula is C12H15N3O3. The van der Waals surface area contributed by atoms with Crippen LogP contribution in [-0.2, 0) is 16.0 Å². The molecular weight excluding hydrogens is 234 g/mol. The number of fused-ring (bicyclic) bond motifs is 1. The second-order valence-corrected chi connectivity index (χ2v) is 4.09. The van der Waals surface area contributed by atoms with E-state index in [0.29, 0.717) is 5.69 Å². The van der Waals surface area contributed by atoms with Crippen LogP contribution in [0.5, 0.6) is 0 Å². The molecule has 0 fully saturated rings. The first kappa shape index (κ1) is 12.5. The van der Waals surface area contributed by atoms with Gasteiger partial charge in [-0.3, -0.25) is 9.59 Å². The lowest BCUT2D eigenvalue weighted by Crippen LogP contribution is -2.44. The average molecular weight is 249 g/mol. The Kier molecular flexibility index (Phi) is 3.31. The van der Waals surface area contributed by atoms with Gasteiger partial charge in [-0.25, -0.2) is 4.90 Å². The highest BCUT2D eigenvalue weighted by Crippen LogP contribution is 2.31. The third-order valence-electron chi connectivity index (χ3n) is 2.93. The molecule has 1 unspecified atom stereocenters. The van der Waals surface area contributed by atoms with Crippen molar-refractivity contribution >= 4 is 23.2 Å². The molecule has 0 spiro atoms. The highest BCUT2D eigenvalue weighted by molar-refractivity contribution is 6.20. The van der Waals surface area contributed by atoms with Crippen molar-refractivity contribution in [3.05, 3.63) is 23.8 Å². The lowest BCUT2D eigenvalue weighted by molar-refractivity contribution is -0.130. The zero-order valence-electron chi connectivity index (χ0n) is 10.0. The van der Waals surface area contributed by atoms with Crippen LogP contribution in [0, 0.1) is 0 Å². The van der Waals surface area contributed by atoms with Crippen LogP contribution in [-0.4, -0.2) is 36.6 Å². The maximum atomic E-state index is 11.9. The van der Waals surface area contributed by atoms with Crippen LogP contribution in [0.2, 0.25) is 0 Å². The highest BCUT2D eigenvalue weighted by Gasteiger charge is 2.35. The summed E-state index contributed by atoms with van der Waals surface area (Å²) in [5, 5.41) is 12.4. The van der Waals surface area contributed by atoms with Crippen molar-refractivity contribution in [2.75, 3.05) is 23.8 Å². The fourth-order valence-corrected chi connectivity index (χ4v) is 1.97. The summed E-state index contributed by atoms with van der Waals surface area (Å²) < 4.78 is 0. The molecule has 0 aliphatic carbocycles. The Balaban J connectivity index is 2.36. The van der Waals surface area contributed by atoms with E-state index < -0.39 is 12.0 Å². The summed E-state index contributed by atoms with van der Waals surface area (Å²) in [4.78, 5) is 24.7. The number of carbonyl (C=O) groups excluding carboxylic acids is 2. The lowest BCUT2D eigenvalue weighted by atomic mass is 10.1. The first-order chi connectivity index (χ1) is 8.58. The van der Waals surface area contributed by atoms with Gasteiger partial charge in [0, 0.05) is 19.3 Å². The molecule has 1 aromatic rings. The van der Waals surface area contributed by atoms with Crippen LogP contribution in [0.4, 0.5) is 11.4 Å². The number of amides is 2. The van der Waals surface area contributed by atoms with Gasteiger partial charge in [-0.05, 0) is 23.8 Å². The van der Waals surface area contributed by atoms with Gasteiger partial charge in [-0.2, -0.15) is 0 Å². The van der Waals surface area contributed by atoms with Gasteiger partial charge >= 0.3 is 0 Å². The number of hydrogen-bond acceptors (Lipinski definition) is 5. The Morgan fingerprint density at radius 2 is 2.33 bits per heavy atom. The van der Waals surface area contributed by atoms with Crippen LogP contribution in [0.25, 0.3) is 0 Å². The number of anilines is 2. The quantitative estimate of drug-likeness (QED) is 0.669. The first-order valence-electron chi connectivity index (χ1n) is 5.64. The normalized spacial score (nSPS) is 15.5. The van der Waals surface area contributed by atoms with Crippen LogP contribution in [0.3, 0.4) is 0 Å². The summed E-state index contributed by atoms with van der Waals surface area (Å²) in [6.07, 6.45) is -1.18. The molecule has 0 bridgehead atoms. The van der Waals surface area contributed by atoms with Gasteiger partial charge in [0.15, 0.2) is 0 Å². The zero-order chi connectivity index (χ0) is 13.3. The van der Waals surface area contributed by atoms with E-state index in [1.54, 1.807) is 19.2 Å².